The topological polar surface area (TPSA) is 71.3 Å². The minimum absolute atomic E-state index is 0.0958. The molecule has 0 aromatic heterocycles. The zero-order valence-corrected chi connectivity index (χ0v) is 13.9. The fourth-order valence-corrected chi connectivity index (χ4v) is 4.22. The van der Waals surface area contributed by atoms with E-state index >= 15 is 0 Å². The molecular weight excluding hydrogens is 312 g/mol. The van der Waals surface area contributed by atoms with Crippen molar-refractivity contribution in [2.75, 3.05) is 24.7 Å². The number of carbonyl (C=O) groups excluding carboxylic acids is 1. The number of carbonyl (C=O) groups is 1. The van der Waals surface area contributed by atoms with Gasteiger partial charge in [0, 0.05) is 5.75 Å². The van der Waals surface area contributed by atoms with Crippen LogP contribution in [0.15, 0.2) is 18.2 Å². The third-order valence-electron chi connectivity index (χ3n) is 4.22. The number of nitrogens with one attached hydrogen (secondary N) is 1. The first-order chi connectivity index (χ1) is 11.2. The second kappa shape index (κ2) is 6.71. The van der Waals surface area contributed by atoms with Gasteiger partial charge >= 0.3 is 0 Å². The van der Waals surface area contributed by atoms with Gasteiger partial charge < -0.3 is 14.8 Å². The van der Waals surface area contributed by atoms with Crippen LogP contribution in [0.1, 0.15) is 18.9 Å². The highest BCUT2D eigenvalue weighted by Crippen LogP contribution is 2.36. The minimum Gasteiger partial charge on any atom is -0.490 e. The number of rotatable bonds is 4. The van der Waals surface area contributed by atoms with Gasteiger partial charge in [-0.1, -0.05) is 12.1 Å². The van der Waals surface area contributed by atoms with Crippen LogP contribution in [0.5, 0.6) is 11.5 Å². The molecule has 0 radical (unpaired) electrons. The summed E-state index contributed by atoms with van der Waals surface area (Å²) in [4.78, 5) is 12.6. The van der Waals surface area contributed by atoms with Gasteiger partial charge in [-0.05, 0) is 37.1 Å². The van der Waals surface area contributed by atoms with Gasteiger partial charge in [0.25, 0.3) is 0 Å². The van der Waals surface area contributed by atoms with Gasteiger partial charge in [0.1, 0.15) is 12.1 Å². The Morgan fingerprint density at radius 1 is 1.61 bits per heavy atom. The van der Waals surface area contributed by atoms with Crippen LogP contribution in [0.25, 0.3) is 0 Å². The molecule has 23 heavy (non-hydrogen) atoms. The second-order valence-corrected chi connectivity index (χ2v) is 6.98. The summed E-state index contributed by atoms with van der Waals surface area (Å²) in [6.07, 6.45) is 1.31. The van der Waals surface area contributed by atoms with Crippen LogP contribution in [-0.2, 0) is 11.2 Å². The maximum atomic E-state index is 12.6. The Morgan fingerprint density at radius 2 is 2.48 bits per heavy atom. The van der Waals surface area contributed by atoms with Crippen LogP contribution < -0.4 is 14.8 Å². The van der Waals surface area contributed by atoms with E-state index in [4.69, 9.17) is 9.47 Å². The van der Waals surface area contributed by atoms with Crippen molar-refractivity contribution in [2.45, 2.75) is 25.3 Å². The van der Waals surface area contributed by atoms with E-state index in [1.54, 1.807) is 11.8 Å². The van der Waals surface area contributed by atoms with E-state index in [2.05, 4.69) is 11.4 Å². The molecule has 2 aliphatic rings. The van der Waals surface area contributed by atoms with Crippen LogP contribution >= 0.6 is 11.8 Å². The van der Waals surface area contributed by atoms with Crippen LogP contribution in [-0.4, -0.2) is 36.2 Å². The van der Waals surface area contributed by atoms with Crippen molar-refractivity contribution >= 4 is 17.7 Å². The highest BCUT2D eigenvalue weighted by Gasteiger charge is 2.38. The van der Waals surface area contributed by atoms with Gasteiger partial charge in [0.15, 0.2) is 11.5 Å². The van der Waals surface area contributed by atoms with Gasteiger partial charge in [0.05, 0.1) is 18.6 Å². The Hall–Kier alpha value is -1.87. The van der Waals surface area contributed by atoms with Crippen molar-refractivity contribution in [1.29, 1.82) is 5.26 Å². The molecule has 2 heterocycles. The number of hydrogen-bond donors (Lipinski definition) is 1. The summed E-state index contributed by atoms with van der Waals surface area (Å²) in [6, 6.07) is 8.03. The molecule has 0 spiro atoms. The highest BCUT2D eigenvalue weighted by molar-refractivity contribution is 7.99. The fourth-order valence-electron chi connectivity index (χ4n) is 2.95. The highest BCUT2D eigenvalue weighted by atomic mass is 32.2. The van der Waals surface area contributed by atoms with Crippen molar-refractivity contribution in [3.05, 3.63) is 23.8 Å². The molecule has 0 saturated carbocycles. The van der Waals surface area contributed by atoms with E-state index < -0.39 is 5.54 Å². The van der Waals surface area contributed by atoms with Crippen LogP contribution in [0, 0.1) is 17.2 Å². The fraction of sp³-hybridized carbons (Fsp3) is 0.529. The quantitative estimate of drug-likeness (QED) is 0.915. The summed E-state index contributed by atoms with van der Waals surface area (Å²) < 4.78 is 11.4. The SMILES string of the molecule is CCOc1cccc2c1OC[C@@H](C(=O)N[C@]1(C#N)CCSC1)C2. The Bertz CT molecular complexity index is 635. The number of hydrogen-bond acceptors (Lipinski definition) is 5. The first kappa shape index (κ1) is 16.0. The zero-order valence-electron chi connectivity index (χ0n) is 13.1. The van der Waals surface area contributed by atoms with Gasteiger partial charge in [-0.3, -0.25) is 4.79 Å². The Labute approximate surface area is 140 Å². The Morgan fingerprint density at radius 3 is 3.17 bits per heavy atom. The predicted molar refractivity (Wildman–Crippen MR) is 88.7 cm³/mol. The molecule has 2 atom stereocenters. The molecular formula is C17H20N2O3S. The molecule has 3 rings (SSSR count). The summed E-state index contributed by atoms with van der Waals surface area (Å²) in [6.45, 7) is 2.82. The lowest BCUT2D eigenvalue weighted by molar-refractivity contribution is -0.127. The average molecular weight is 332 g/mol. The number of amides is 1. The monoisotopic (exact) mass is 332 g/mol. The van der Waals surface area contributed by atoms with Gasteiger partial charge in [-0.25, -0.2) is 0 Å². The minimum atomic E-state index is -0.713. The van der Waals surface area contributed by atoms with Crippen LogP contribution in [0.4, 0.5) is 0 Å². The van der Waals surface area contributed by atoms with Gasteiger partial charge in [-0.2, -0.15) is 17.0 Å². The molecule has 2 aliphatic heterocycles. The molecule has 6 heteroatoms. The number of thioether (sulfide) groups is 1. The third kappa shape index (κ3) is 3.25. The Kier molecular flexibility index (Phi) is 4.67. The van der Waals surface area contributed by atoms with Crippen LogP contribution in [0.2, 0.25) is 0 Å². The number of nitriles is 1. The number of fused-ring (bicyclic) bond motifs is 1. The van der Waals surface area contributed by atoms with E-state index in [1.807, 2.05) is 25.1 Å². The molecule has 1 aromatic carbocycles. The number of ether oxygens (including phenoxy) is 2. The Balaban J connectivity index is 1.71. The van der Waals surface area contributed by atoms with E-state index in [-0.39, 0.29) is 11.8 Å². The standard InChI is InChI=1S/C17H20N2O3S/c1-2-21-14-5-3-4-12-8-13(9-22-15(12)14)16(20)19-17(10-18)6-7-23-11-17/h3-5,13H,2,6-9,11H2,1H3,(H,19,20)/t13-,17-/m0/s1. The number of nitrogens with zero attached hydrogens (tertiary/aromatic N) is 1. The molecule has 1 fully saturated rings. The predicted octanol–water partition coefficient (Wildman–Crippen LogP) is 2.15. The van der Waals surface area contributed by atoms with E-state index in [0.29, 0.717) is 31.8 Å². The lowest BCUT2D eigenvalue weighted by Crippen LogP contribution is -2.51. The molecule has 1 aromatic rings. The molecule has 122 valence electrons. The van der Waals surface area contributed by atoms with Crippen LogP contribution in [0.3, 0.4) is 0 Å². The van der Waals surface area contributed by atoms with E-state index in [9.17, 15) is 10.1 Å². The first-order valence-corrected chi connectivity index (χ1v) is 9.01. The lowest BCUT2D eigenvalue weighted by Gasteiger charge is -2.29. The number of para-hydroxylation sites is 1. The second-order valence-electron chi connectivity index (χ2n) is 5.88. The lowest BCUT2D eigenvalue weighted by atomic mass is 9.93. The number of benzene rings is 1. The van der Waals surface area contributed by atoms with Crippen molar-refractivity contribution < 1.29 is 14.3 Å². The molecule has 0 aliphatic carbocycles. The summed E-state index contributed by atoms with van der Waals surface area (Å²) in [5, 5.41) is 12.3. The summed E-state index contributed by atoms with van der Waals surface area (Å²) >= 11 is 1.71. The molecule has 5 nitrogen and oxygen atoms in total. The zero-order chi connectivity index (χ0) is 16.3. The summed E-state index contributed by atoms with van der Waals surface area (Å²) in [5.41, 5.74) is 0.268. The van der Waals surface area contributed by atoms with E-state index in [1.165, 1.54) is 0 Å². The first-order valence-electron chi connectivity index (χ1n) is 7.86. The van der Waals surface area contributed by atoms with Crippen molar-refractivity contribution in [1.82, 2.24) is 5.32 Å². The molecule has 1 N–H and O–H groups in total. The maximum Gasteiger partial charge on any atom is 0.228 e. The maximum absolute atomic E-state index is 12.6. The molecule has 0 bridgehead atoms. The van der Waals surface area contributed by atoms with Crippen molar-refractivity contribution in [3.8, 4) is 17.6 Å². The van der Waals surface area contributed by atoms with Crippen molar-refractivity contribution in [3.63, 3.8) is 0 Å². The summed E-state index contributed by atoms with van der Waals surface area (Å²) in [7, 11) is 0. The molecule has 1 amide bonds. The summed E-state index contributed by atoms with van der Waals surface area (Å²) in [5.74, 6) is 2.68. The van der Waals surface area contributed by atoms with Gasteiger partial charge in [-0.15, -0.1) is 0 Å². The molecule has 0 unspecified atom stereocenters. The van der Waals surface area contributed by atoms with Crippen molar-refractivity contribution in [2.24, 2.45) is 5.92 Å². The van der Waals surface area contributed by atoms with E-state index in [0.717, 1.165) is 22.8 Å². The largest absolute Gasteiger partial charge is 0.490 e. The average Bonchev–Trinajstić information content (AvgIpc) is 3.04. The smallest absolute Gasteiger partial charge is 0.228 e. The van der Waals surface area contributed by atoms with Gasteiger partial charge in [0.2, 0.25) is 5.91 Å². The normalized spacial score (nSPS) is 25.8. The molecule has 1 saturated heterocycles. The third-order valence-corrected chi connectivity index (χ3v) is 5.41.